The average molecular weight is 2770 g/mol. The van der Waals surface area contributed by atoms with Gasteiger partial charge in [-0.2, -0.15) is 0 Å². The van der Waals surface area contributed by atoms with Crippen molar-refractivity contribution in [3.05, 3.63) is 209 Å². The van der Waals surface area contributed by atoms with Gasteiger partial charge in [0.05, 0.1) is 34.6 Å². The van der Waals surface area contributed by atoms with Crippen molar-refractivity contribution in [2.45, 2.75) is 25.7 Å². The normalized spacial score (nSPS) is 12.6. The van der Waals surface area contributed by atoms with Gasteiger partial charge in [-0.1, -0.05) is 12.1 Å². The van der Waals surface area contributed by atoms with Crippen molar-refractivity contribution in [2.75, 3.05) is 36.0 Å². The molecule has 2 N–H and O–H groups in total. The molecule has 0 bridgehead atoms. The average Bonchev–Trinajstić information content (AvgIpc) is 1.24. The van der Waals surface area contributed by atoms with E-state index in [1.54, 1.807) is 86.8 Å². The Labute approximate surface area is 826 Å². The summed E-state index contributed by atoms with van der Waals surface area (Å²) in [7, 11) is 59.7. The summed E-state index contributed by atoms with van der Waals surface area (Å²) < 4.78 is 19.5. The molecule has 2 fully saturated rings. The number of halogens is 9. The smallest absolute Gasteiger partial charge is 0 e. The second kappa shape index (κ2) is 53.3. The van der Waals surface area contributed by atoms with Crippen LogP contribution in [0.3, 0.4) is 0 Å². The van der Waals surface area contributed by atoms with E-state index in [0.29, 0.717) is 25.7 Å². The van der Waals surface area contributed by atoms with E-state index in [-0.39, 0.29) is 96.2 Å². The van der Waals surface area contributed by atoms with Crippen LogP contribution in [0.2, 0.25) is 0 Å². The van der Waals surface area contributed by atoms with Crippen molar-refractivity contribution in [2.24, 2.45) is 82.3 Å². The number of carbonyl (C=O) groups is 2. The first-order valence-corrected chi connectivity index (χ1v) is 76.1. The Morgan fingerprint density at radius 2 is 0.525 bits per heavy atom. The molecule has 14 aromatic heterocycles. The Kier molecular flexibility index (Phi) is 49.2. The van der Waals surface area contributed by atoms with Crippen molar-refractivity contribution in [3.63, 3.8) is 0 Å². The van der Waals surface area contributed by atoms with Gasteiger partial charge < -0.3 is 78.1 Å². The number of hydrogen-bond acceptors (Lipinski definition) is 18. The molecule has 118 heavy (non-hydrogen) atoms. The number of pyridine rings is 4. The van der Waals surface area contributed by atoms with Gasteiger partial charge in [-0.3, -0.25) is 29.5 Å². The fourth-order valence-corrected chi connectivity index (χ4v) is 11.1. The van der Waals surface area contributed by atoms with E-state index in [2.05, 4.69) is 79.6 Å². The molecule has 14 aromatic rings. The van der Waals surface area contributed by atoms with Crippen LogP contribution in [-0.4, -0.2) is 227 Å². The fourth-order valence-electron chi connectivity index (χ4n) is 11.1. The molecule has 2 aliphatic rings. The van der Waals surface area contributed by atoms with Gasteiger partial charge in [0.25, 0.3) is 0 Å². The van der Waals surface area contributed by atoms with Gasteiger partial charge in [-0.25, -0.2) is 49.8 Å². The molecule has 46 heteroatoms. The van der Waals surface area contributed by atoms with Crippen LogP contribution in [0.1, 0.15) is 25.7 Å². The zero-order valence-electron chi connectivity index (χ0n) is 66.2. The number of nitrogens with zero attached hydrogens (tertiary/aromatic N) is 26. The number of piperidine rings is 2. The third-order valence-corrected chi connectivity index (χ3v) is 17.0. The summed E-state index contributed by atoms with van der Waals surface area (Å²) in [6.45, 7) is -2.31. The Morgan fingerprint density at radius 3 is 0.669 bits per heavy atom. The van der Waals surface area contributed by atoms with Crippen molar-refractivity contribution in [1.29, 1.82) is 0 Å². The van der Waals surface area contributed by atoms with Gasteiger partial charge in [0.15, 0.2) is 58.2 Å². The molecule has 30 nitrogen and oxygen atoms in total. The molecule has 0 aromatic carbocycles. The number of carboxylic acid groups (broad SMARTS) is 2. The second-order valence-electron chi connectivity index (χ2n) is 24.9. The largest absolute Gasteiger partial charge is 0 e. The molecule has 0 unspecified atom stereocenters. The molecule has 626 valence electrons. The molecule has 0 spiro atoms. The zero-order chi connectivity index (χ0) is 83.2. The monoisotopic (exact) mass is 2770 g/mol. The summed E-state index contributed by atoms with van der Waals surface area (Å²) in [6, 6.07) is 19.5. The number of aromatic nitrogens is 24. The first kappa shape index (κ1) is 109. The minimum atomic E-state index is -5.38. The molecule has 2 saturated heterocycles. The summed E-state index contributed by atoms with van der Waals surface area (Å²) in [5.74, 6) is 7.13. The predicted octanol–water partition coefficient (Wildman–Crippen LogP) is 10.7. The van der Waals surface area contributed by atoms with E-state index >= 15 is 0 Å². The number of carboxylic acids is 2. The predicted molar refractivity (Wildman–Crippen MR) is 445 cm³/mol. The quantitative estimate of drug-likeness (QED) is 0.114. The van der Waals surface area contributed by atoms with Crippen molar-refractivity contribution in [1.82, 2.24) is 115 Å². The van der Waals surface area contributed by atoms with E-state index in [4.69, 9.17) is 87.3 Å². The van der Waals surface area contributed by atoms with Crippen LogP contribution in [0, 0.1) is 42.9 Å². The van der Waals surface area contributed by atoms with Crippen LogP contribution >= 0.6 is 77.1 Å². The van der Waals surface area contributed by atoms with E-state index in [1.165, 1.54) is 63.2 Å². The van der Waals surface area contributed by atoms with Crippen LogP contribution in [0.15, 0.2) is 209 Å². The molecule has 0 aliphatic carbocycles. The maximum atomic E-state index is 11.0. The standard InChI is InChI=1S/2C16H17N3O2.5C8H10N4.9ClH.2K.3Os.U.W/c2*20-16(21)12-5-9-19(10-6-12)13-4-8-18-15(11-13)14-3-1-2-7-17-14;5*1-11-5-3-9-7(11)8-10-4-6-12(8)2;;;;;;;;;;;;;;;;/h2*1-4,7-8,11-12H,5-6,9-10H2,(H,20,21);5*3-6H,1-2H3;9*1H;;;;;;;/q;;;;;;;;;;;;;;;;;;;+2;+6;;/p-9. The number of anilines is 2. The van der Waals surface area contributed by atoms with Crippen molar-refractivity contribution in [3.8, 4) is 81.0 Å². The van der Waals surface area contributed by atoms with Gasteiger partial charge in [-0.15, -0.1) is 0 Å². The van der Waals surface area contributed by atoms with Gasteiger partial charge in [-0.05, 0) is 74.2 Å². The molecule has 0 atom stereocenters. The minimum Gasteiger partial charge on any atom is 0 e. The van der Waals surface area contributed by atoms with E-state index in [9.17, 15) is 9.59 Å². The third-order valence-electron chi connectivity index (χ3n) is 17.0. The molecule has 0 saturated carbocycles. The second-order valence-corrected chi connectivity index (χ2v) is 83.6. The summed E-state index contributed by atoms with van der Waals surface area (Å²) in [4.78, 5) is 85.8. The number of aryl methyl sites for hydroxylation is 10. The zero-order valence-corrected chi connectivity index (χ0v) is 93.9. The minimum absolute atomic E-state index is 0. The Morgan fingerprint density at radius 1 is 0.347 bits per heavy atom. The van der Waals surface area contributed by atoms with Crippen LogP contribution < -0.4 is 22.2 Å². The van der Waals surface area contributed by atoms with Crippen LogP contribution in [0.25, 0.3) is 81.0 Å². The van der Waals surface area contributed by atoms with Gasteiger partial charge >= 0.3 is 174 Å². The van der Waals surface area contributed by atoms with Gasteiger partial charge in [0.2, 0.25) is 0 Å². The summed E-state index contributed by atoms with van der Waals surface area (Å²) in [5, 5.41) is 18.1. The van der Waals surface area contributed by atoms with Gasteiger partial charge in [0.1, 0.15) is 0 Å². The summed E-state index contributed by atoms with van der Waals surface area (Å²) in [6.07, 6.45) is 46.6. The molecule has 0 radical (unpaired) electrons. The van der Waals surface area contributed by atoms with E-state index in [1.807, 2.05) is 239 Å². The third kappa shape index (κ3) is 36.4. The van der Waals surface area contributed by atoms with Crippen LogP contribution in [0.4, 0.5) is 11.4 Å². The maximum Gasteiger partial charge on any atom is 0 e. The summed E-state index contributed by atoms with van der Waals surface area (Å²) >= 11 is 1.86. The first-order valence-electron chi connectivity index (χ1n) is 34.9. The molecular formula is C72H84Cl9K2N26O4Os3UW-. The SMILES string of the molecule is Cn1ccnc1-c1nccn1C.Cn1ccnc1-c1nccn1C.Cn1ccnc1-c1nccn1C.Cn1ccnc1-c1nccn1C.Cn1ccnc1-c1nccn1C.O=C(O)C1CCN(c2ccnc(-c3ccccn3)c2)CC1.O=C(O)C1CCN(c2ccnc(-c3ccccn3)c2)CC1.[Cl-].[Cl][Os]([Cl])([Cl])([Cl])([Cl])[Cl].[Cl][Os][Cl].[K][K].[Os].[U].[W]. The molecular weight excluding hydrogens is 2680 g/mol. The Bertz CT molecular complexity index is 4470. The summed E-state index contributed by atoms with van der Waals surface area (Å²) in [5.41, 5.74) is 5.53. The molecule has 2 aliphatic heterocycles. The van der Waals surface area contributed by atoms with E-state index in [0.717, 1.165) is 119 Å². The number of aliphatic carboxylic acids is 2. The van der Waals surface area contributed by atoms with Crippen molar-refractivity contribution >= 4 is 164 Å². The number of rotatable bonds is 11. The molecule has 16 heterocycles. The first-order chi connectivity index (χ1) is 54.3. The van der Waals surface area contributed by atoms with Crippen molar-refractivity contribution < 1.29 is 126 Å². The van der Waals surface area contributed by atoms with Crippen LogP contribution in [0.5, 0.6) is 0 Å². The molecule has 16 rings (SSSR count). The topological polar surface area (TPSA) is 311 Å². The van der Waals surface area contributed by atoms with Gasteiger partial charge in [0, 0.05) is 329 Å². The Balaban J connectivity index is 0.000000350. The molecule has 0 amide bonds. The number of imidazole rings is 10. The number of hydrogen-bond donors (Lipinski definition) is 2. The fraction of sp³-hybridized carbons (Fsp3) is 0.278. The maximum absolute atomic E-state index is 11.0. The van der Waals surface area contributed by atoms with Crippen LogP contribution in [-0.2, 0) is 143 Å². The van der Waals surface area contributed by atoms with E-state index < -0.39 is 34.0 Å². The Hall–Kier alpha value is -3.23.